The van der Waals surface area contributed by atoms with Crippen molar-refractivity contribution in [3.63, 3.8) is 0 Å². The van der Waals surface area contributed by atoms with E-state index in [2.05, 4.69) is 0 Å². The van der Waals surface area contributed by atoms with Crippen molar-refractivity contribution in [1.29, 1.82) is 0 Å². The third-order valence-electron chi connectivity index (χ3n) is 1.89. The van der Waals surface area contributed by atoms with Crippen molar-refractivity contribution >= 4 is 17.3 Å². The zero-order chi connectivity index (χ0) is 6.69. The lowest BCUT2D eigenvalue weighted by atomic mass is 10.1. The van der Waals surface area contributed by atoms with Crippen molar-refractivity contribution in [2.24, 2.45) is 5.92 Å². The van der Waals surface area contributed by atoms with Gasteiger partial charge in [-0.05, 0) is 25.1 Å². The number of rotatable bonds is 1. The van der Waals surface area contributed by atoms with Gasteiger partial charge in [0.1, 0.15) is 0 Å². The van der Waals surface area contributed by atoms with Gasteiger partial charge in [0.05, 0.1) is 7.11 Å². The van der Waals surface area contributed by atoms with Crippen LogP contribution in [0, 0.1) is 5.92 Å². The molecule has 1 aliphatic rings. The Hall–Kier alpha value is -0.110. The molecule has 1 aliphatic carbocycles. The Morgan fingerprint density at radius 3 is 2.44 bits per heavy atom. The maximum absolute atomic E-state index is 4.99. The summed E-state index contributed by atoms with van der Waals surface area (Å²) in [7, 11) is 1.67. The second-order valence-corrected chi connectivity index (χ2v) is 2.91. The van der Waals surface area contributed by atoms with Crippen molar-refractivity contribution in [3.8, 4) is 0 Å². The van der Waals surface area contributed by atoms with Gasteiger partial charge in [-0.1, -0.05) is 12.8 Å². The molecule has 0 amide bonds. The highest BCUT2D eigenvalue weighted by molar-refractivity contribution is 7.80. The highest BCUT2D eigenvalue weighted by Gasteiger charge is 2.19. The molecule has 0 N–H and O–H groups in total. The third kappa shape index (κ3) is 1.65. The molecule has 0 unspecified atom stereocenters. The van der Waals surface area contributed by atoms with Crippen molar-refractivity contribution in [3.05, 3.63) is 0 Å². The monoisotopic (exact) mass is 144 g/mol. The van der Waals surface area contributed by atoms with Crippen molar-refractivity contribution in [2.45, 2.75) is 25.7 Å². The molecule has 0 bridgehead atoms. The quantitative estimate of drug-likeness (QED) is 0.521. The average Bonchev–Trinajstić information content (AvgIpc) is 2.37. The molecular formula is C7H12OS. The molecule has 1 rings (SSSR count). The highest BCUT2D eigenvalue weighted by atomic mass is 32.1. The van der Waals surface area contributed by atoms with Crippen molar-refractivity contribution < 1.29 is 4.74 Å². The minimum absolute atomic E-state index is 0.588. The first kappa shape index (κ1) is 7.00. The average molecular weight is 144 g/mol. The van der Waals surface area contributed by atoms with Crippen LogP contribution in [-0.4, -0.2) is 12.2 Å². The molecule has 0 aromatic rings. The van der Waals surface area contributed by atoms with Gasteiger partial charge in [-0.25, -0.2) is 0 Å². The fourth-order valence-electron chi connectivity index (χ4n) is 1.33. The molecule has 52 valence electrons. The Kier molecular flexibility index (Phi) is 2.46. The second-order valence-electron chi connectivity index (χ2n) is 2.50. The van der Waals surface area contributed by atoms with E-state index in [0.717, 1.165) is 5.05 Å². The summed E-state index contributed by atoms with van der Waals surface area (Å²) in [6, 6.07) is 0. The van der Waals surface area contributed by atoms with E-state index < -0.39 is 0 Å². The van der Waals surface area contributed by atoms with E-state index in [4.69, 9.17) is 17.0 Å². The Balaban J connectivity index is 2.32. The van der Waals surface area contributed by atoms with E-state index in [1.54, 1.807) is 7.11 Å². The fourth-order valence-corrected chi connectivity index (χ4v) is 1.56. The van der Waals surface area contributed by atoms with Crippen molar-refractivity contribution in [1.82, 2.24) is 0 Å². The Labute approximate surface area is 61.4 Å². The molecule has 0 atom stereocenters. The van der Waals surface area contributed by atoms with E-state index in [0.29, 0.717) is 5.92 Å². The first-order valence-electron chi connectivity index (χ1n) is 3.42. The van der Waals surface area contributed by atoms with Gasteiger partial charge in [-0.2, -0.15) is 0 Å². The molecule has 1 nitrogen and oxygen atoms in total. The summed E-state index contributed by atoms with van der Waals surface area (Å²) in [5.74, 6) is 0.588. The SMILES string of the molecule is COC(=S)C1CCCC1. The van der Waals surface area contributed by atoms with Crippen LogP contribution >= 0.6 is 12.2 Å². The van der Waals surface area contributed by atoms with E-state index in [1.165, 1.54) is 25.7 Å². The van der Waals surface area contributed by atoms with E-state index >= 15 is 0 Å². The summed E-state index contributed by atoms with van der Waals surface area (Å²) in [5.41, 5.74) is 0. The molecule has 0 saturated heterocycles. The van der Waals surface area contributed by atoms with Gasteiger partial charge in [0.2, 0.25) is 0 Å². The lowest BCUT2D eigenvalue weighted by Gasteiger charge is -2.07. The Bertz CT molecular complexity index is 105. The zero-order valence-electron chi connectivity index (χ0n) is 5.72. The van der Waals surface area contributed by atoms with Gasteiger partial charge in [0, 0.05) is 5.92 Å². The number of hydrogen-bond donors (Lipinski definition) is 0. The van der Waals surface area contributed by atoms with Gasteiger partial charge in [-0.15, -0.1) is 0 Å². The van der Waals surface area contributed by atoms with Gasteiger partial charge < -0.3 is 4.74 Å². The smallest absolute Gasteiger partial charge is 0.162 e. The Morgan fingerprint density at radius 1 is 1.44 bits per heavy atom. The Morgan fingerprint density at radius 2 is 2.00 bits per heavy atom. The van der Waals surface area contributed by atoms with E-state index in [1.807, 2.05) is 0 Å². The van der Waals surface area contributed by atoms with Crippen molar-refractivity contribution in [2.75, 3.05) is 7.11 Å². The van der Waals surface area contributed by atoms with Crippen LogP contribution in [-0.2, 0) is 4.74 Å². The summed E-state index contributed by atoms with van der Waals surface area (Å²) < 4.78 is 4.97. The molecular weight excluding hydrogens is 132 g/mol. The molecule has 1 saturated carbocycles. The molecule has 9 heavy (non-hydrogen) atoms. The van der Waals surface area contributed by atoms with Gasteiger partial charge in [-0.3, -0.25) is 0 Å². The summed E-state index contributed by atoms with van der Waals surface area (Å²) in [5, 5.41) is 0.813. The van der Waals surface area contributed by atoms with Crippen LogP contribution in [0.1, 0.15) is 25.7 Å². The van der Waals surface area contributed by atoms with Crippen LogP contribution in [0.3, 0.4) is 0 Å². The topological polar surface area (TPSA) is 9.23 Å². The predicted molar refractivity (Wildman–Crippen MR) is 41.6 cm³/mol. The lowest BCUT2D eigenvalue weighted by Crippen LogP contribution is -2.09. The second kappa shape index (κ2) is 3.16. The van der Waals surface area contributed by atoms with Gasteiger partial charge in [0.25, 0.3) is 0 Å². The molecule has 0 aromatic carbocycles. The van der Waals surface area contributed by atoms with Crippen LogP contribution in [0.4, 0.5) is 0 Å². The molecule has 0 aliphatic heterocycles. The largest absolute Gasteiger partial charge is 0.490 e. The van der Waals surface area contributed by atoms with Crippen LogP contribution < -0.4 is 0 Å². The number of hydrogen-bond acceptors (Lipinski definition) is 2. The molecule has 0 radical (unpaired) electrons. The number of methoxy groups -OCH3 is 1. The summed E-state index contributed by atoms with van der Waals surface area (Å²) >= 11 is 4.99. The normalized spacial score (nSPS) is 20.1. The summed E-state index contributed by atoms with van der Waals surface area (Å²) in [4.78, 5) is 0. The minimum atomic E-state index is 0.588. The maximum Gasteiger partial charge on any atom is 0.162 e. The third-order valence-corrected chi connectivity index (χ3v) is 2.39. The van der Waals surface area contributed by atoms with Crippen LogP contribution in [0.2, 0.25) is 0 Å². The summed E-state index contributed by atoms with van der Waals surface area (Å²) in [6.45, 7) is 0. The van der Waals surface area contributed by atoms with Crippen LogP contribution in [0.15, 0.2) is 0 Å². The molecule has 1 fully saturated rings. The molecule has 2 heteroatoms. The molecule has 0 heterocycles. The standard InChI is InChI=1S/C7H12OS/c1-8-7(9)6-4-2-3-5-6/h6H,2-5H2,1H3. The van der Waals surface area contributed by atoms with E-state index in [9.17, 15) is 0 Å². The number of ether oxygens (including phenoxy) is 1. The summed E-state index contributed by atoms with van der Waals surface area (Å²) in [6.07, 6.45) is 5.14. The first-order valence-corrected chi connectivity index (χ1v) is 3.83. The number of thiocarbonyl (C=S) groups is 1. The van der Waals surface area contributed by atoms with Gasteiger partial charge >= 0.3 is 0 Å². The van der Waals surface area contributed by atoms with Gasteiger partial charge in [0.15, 0.2) is 5.05 Å². The first-order chi connectivity index (χ1) is 4.34. The van der Waals surface area contributed by atoms with Crippen LogP contribution in [0.25, 0.3) is 0 Å². The highest BCUT2D eigenvalue weighted by Crippen LogP contribution is 2.26. The fraction of sp³-hybridized carbons (Fsp3) is 0.857. The lowest BCUT2D eigenvalue weighted by molar-refractivity contribution is 0.379. The maximum atomic E-state index is 4.99. The van der Waals surface area contributed by atoms with Crippen LogP contribution in [0.5, 0.6) is 0 Å². The zero-order valence-corrected chi connectivity index (χ0v) is 6.54. The van der Waals surface area contributed by atoms with E-state index in [-0.39, 0.29) is 0 Å². The predicted octanol–water partition coefficient (Wildman–Crippen LogP) is 2.15. The molecule has 0 spiro atoms. The minimum Gasteiger partial charge on any atom is -0.490 e. The molecule has 0 aromatic heterocycles.